The molecule has 7 aliphatic rings. The number of ether oxygens (including phenoxy) is 3. The van der Waals surface area contributed by atoms with Crippen molar-refractivity contribution in [2.24, 2.45) is 34.5 Å². The molecule has 0 aromatic heterocycles. The number of esters is 1. The van der Waals surface area contributed by atoms with Crippen LogP contribution in [0.15, 0.2) is 23.3 Å². The van der Waals surface area contributed by atoms with Gasteiger partial charge in [-0.3, -0.25) is 4.79 Å². The minimum Gasteiger partial charge on any atom is -0.456 e. The first-order chi connectivity index (χ1) is 16.5. The number of fused-ring (bicyclic) bond motifs is 3. The Labute approximate surface area is 205 Å². The molecule has 190 valence electrons. The van der Waals surface area contributed by atoms with Crippen LogP contribution in [-0.4, -0.2) is 57.8 Å². The van der Waals surface area contributed by atoms with Gasteiger partial charge in [-0.25, -0.2) is 4.79 Å². The Bertz CT molecular complexity index is 1090. The Morgan fingerprint density at radius 3 is 2.51 bits per heavy atom. The molecule has 3 aliphatic heterocycles. The fourth-order valence-corrected chi connectivity index (χ4v) is 10.1. The molecule has 0 amide bonds. The van der Waals surface area contributed by atoms with Crippen LogP contribution >= 0.6 is 0 Å². The third kappa shape index (κ3) is 2.34. The van der Waals surface area contributed by atoms with E-state index in [0.29, 0.717) is 12.0 Å². The number of aliphatic hydroxyl groups excluding tert-OH is 2. The van der Waals surface area contributed by atoms with Crippen LogP contribution in [0.25, 0.3) is 0 Å². The van der Waals surface area contributed by atoms with Crippen LogP contribution in [0.2, 0.25) is 0 Å². The Balaban J connectivity index is 1.25. The van der Waals surface area contributed by atoms with Crippen LogP contribution in [0.3, 0.4) is 0 Å². The van der Waals surface area contributed by atoms with E-state index in [1.54, 1.807) is 19.1 Å². The molecule has 35 heavy (non-hydrogen) atoms. The molecule has 0 aromatic rings. The second kappa shape index (κ2) is 6.66. The lowest BCUT2D eigenvalue weighted by Gasteiger charge is -2.57. The van der Waals surface area contributed by atoms with Gasteiger partial charge < -0.3 is 24.4 Å². The van der Waals surface area contributed by atoms with E-state index in [4.69, 9.17) is 14.2 Å². The number of hydrogen-bond donors (Lipinski definition) is 2. The van der Waals surface area contributed by atoms with Gasteiger partial charge in [0.05, 0.1) is 11.5 Å². The third-order valence-electron chi connectivity index (χ3n) is 12.1. The van der Waals surface area contributed by atoms with E-state index in [1.165, 1.54) is 0 Å². The molecule has 2 N–H and O–H groups in total. The largest absolute Gasteiger partial charge is 0.456 e. The molecule has 7 rings (SSSR count). The molecular formula is C28H36O7. The number of cyclic esters (lactones) is 1. The molecule has 3 heterocycles. The normalized spacial score (nSPS) is 58.2. The first-order valence-corrected chi connectivity index (χ1v) is 13.3. The fourth-order valence-electron chi connectivity index (χ4n) is 10.1. The Morgan fingerprint density at radius 1 is 1.00 bits per heavy atom. The minimum absolute atomic E-state index is 0.0605. The molecule has 3 saturated carbocycles. The van der Waals surface area contributed by atoms with E-state index < -0.39 is 40.5 Å². The lowest BCUT2D eigenvalue weighted by molar-refractivity contribution is -0.218. The number of rotatable bonds is 1. The second-order valence-corrected chi connectivity index (χ2v) is 12.8. The van der Waals surface area contributed by atoms with Crippen molar-refractivity contribution in [2.75, 3.05) is 0 Å². The van der Waals surface area contributed by atoms with Gasteiger partial charge in [-0.05, 0) is 89.7 Å². The summed E-state index contributed by atoms with van der Waals surface area (Å²) in [7, 11) is 0. The average molecular weight is 485 g/mol. The van der Waals surface area contributed by atoms with Crippen LogP contribution < -0.4 is 0 Å². The predicted octanol–water partition coefficient (Wildman–Crippen LogP) is 2.83. The number of carbonyl (C=O) groups is 2. The SMILES string of the molecule is CC1=C(C)C(=O)O[C@@H]([C@]2(C)O[C@H](O)[C@]34CC[C@H]5[C@@H](C[C@H]6O[C@]67[C@@H](O)C=CC(=O)[C@]57C)[C@@H]3CC[C@H]24)C1. The van der Waals surface area contributed by atoms with Crippen LogP contribution in [-0.2, 0) is 23.8 Å². The summed E-state index contributed by atoms with van der Waals surface area (Å²) in [5, 5.41) is 22.4. The van der Waals surface area contributed by atoms with Gasteiger partial charge in [0.2, 0.25) is 0 Å². The van der Waals surface area contributed by atoms with Gasteiger partial charge in [0.1, 0.15) is 23.4 Å². The van der Waals surface area contributed by atoms with Crippen molar-refractivity contribution < 1.29 is 34.0 Å². The predicted molar refractivity (Wildman–Crippen MR) is 124 cm³/mol. The van der Waals surface area contributed by atoms with Crippen LogP contribution in [0.1, 0.15) is 66.2 Å². The standard InChI is InChI=1S/C28H36O7/c1-13-11-21(33-23(31)14(13)2)26(4)18-6-5-17-15-12-22-28(34-22)20(30)8-7-19(29)25(28,3)16(15)9-10-27(17,18)24(32)35-26/h7-8,15-18,20-22,24,30,32H,5-6,9-12H2,1-4H3/t15-,16+,17+,18-,20+,21-,22-,24+,25+,26-,27-,28-/m1/s1. The van der Waals surface area contributed by atoms with Crippen molar-refractivity contribution in [3.8, 4) is 0 Å². The maximum Gasteiger partial charge on any atom is 0.334 e. The number of ketones is 1. The molecule has 7 heteroatoms. The van der Waals surface area contributed by atoms with Crippen molar-refractivity contribution in [3.05, 3.63) is 23.3 Å². The highest BCUT2D eigenvalue weighted by atomic mass is 16.7. The number of carbonyl (C=O) groups excluding carboxylic acids is 2. The summed E-state index contributed by atoms with van der Waals surface area (Å²) < 4.78 is 18.6. The maximum absolute atomic E-state index is 13.4. The number of allylic oxidation sites excluding steroid dienone is 1. The Hall–Kier alpha value is -1.54. The molecule has 5 fully saturated rings. The fraction of sp³-hybridized carbons (Fsp3) is 0.786. The monoisotopic (exact) mass is 484 g/mol. The summed E-state index contributed by atoms with van der Waals surface area (Å²) in [5.74, 6) is 0.373. The van der Waals surface area contributed by atoms with Gasteiger partial charge in [-0.15, -0.1) is 0 Å². The van der Waals surface area contributed by atoms with E-state index in [9.17, 15) is 19.8 Å². The summed E-state index contributed by atoms with van der Waals surface area (Å²) in [6.07, 6.45) is 5.76. The summed E-state index contributed by atoms with van der Waals surface area (Å²) in [4.78, 5) is 25.9. The summed E-state index contributed by atoms with van der Waals surface area (Å²) in [6.45, 7) is 7.81. The first-order valence-electron chi connectivity index (χ1n) is 13.3. The van der Waals surface area contributed by atoms with Crippen molar-refractivity contribution >= 4 is 11.8 Å². The number of hydrogen-bond acceptors (Lipinski definition) is 7. The van der Waals surface area contributed by atoms with E-state index in [0.717, 1.165) is 37.7 Å². The van der Waals surface area contributed by atoms with Crippen LogP contribution in [0.5, 0.6) is 0 Å². The van der Waals surface area contributed by atoms with Gasteiger partial charge in [-0.2, -0.15) is 0 Å². The smallest absolute Gasteiger partial charge is 0.334 e. The van der Waals surface area contributed by atoms with E-state index in [-0.39, 0.29) is 41.5 Å². The van der Waals surface area contributed by atoms with Crippen molar-refractivity contribution in [2.45, 2.75) is 102 Å². The highest BCUT2D eigenvalue weighted by molar-refractivity contribution is 5.98. The van der Waals surface area contributed by atoms with Crippen molar-refractivity contribution in [3.63, 3.8) is 0 Å². The zero-order chi connectivity index (χ0) is 24.7. The molecule has 2 saturated heterocycles. The molecule has 2 spiro atoms. The number of aliphatic hydroxyl groups is 2. The summed E-state index contributed by atoms with van der Waals surface area (Å²) >= 11 is 0. The van der Waals surface area contributed by atoms with Gasteiger partial charge >= 0.3 is 5.97 Å². The van der Waals surface area contributed by atoms with E-state index >= 15 is 0 Å². The Kier molecular flexibility index (Phi) is 4.31. The van der Waals surface area contributed by atoms with Gasteiger partial charge in [0, 0.05) is 23.3 Å². The molecule has 0 radical (unpaired) electrons. The lowest BCUT2D eigenvalue weighted by Crippen LogP contribution is -2.64. The van der Waals surface area contributed by atoms with E-state index in [1.807, 2.05) is 20.8 Å². The van der Waals surface area contributed by atoms with Crippen molar-refractivity contribution in [1.29, 1.82) is 0 Å². The molecule has 4 aliphatic carbocycles. The highest BCUT2D eigenvalue weighted by Gasteiger charge is 2.82. The van der Waals surface area contributed by atoms with Gasteiger partial charge in [0.25, 0.3) is 0 Å². The van der Waals surface area contributed by atoms with Gasteiger partial charge in [-0.1, -0.05) is 5.57 Å². The molecule has 0 unspecified atom stereocenters. The quantitative estimate of drug-likeness (QED) is 0.436. The zero-order valence-electron chi connectivity index (χ0n) is 21.0. The molecule has 7 nitrogen and oxygen atoms in total. The maximum atomic E-state index is 13.4. The molecule has 0 bridgehead atoms. The minimum atomic E-state index is -0.927. The first kappa shape index (κ1) is 22.6. The van der Waals surface area contributed by atoms with Crippen LogP contribution in [0.4, 0.5) is 0 Å². The van der Waals surface area contributed by atoms with Gasteiger partial charge in [0.15, 0.2) is 12.1 Å². The number of epoxide rings is 1. The summed E-state index contributed by atoms with van der Waals surface area (Å²) in [5.41, 5.74) is -1.02. The third-order valence-corrected chi connectivity index (χ3v) is 12.1. The van der Waals surface area contributed by atoms with E-state index in [2.05, 4.69) is 0 Å². The van der Waals surface area contributed by atoms with Crippen molar-refractivity contribution in [1.82, 2.24) is 0 Å². The highest BCUT2D eigenvalue weighted by Crippen LogP contribution is 2.75. The molecule has 0 aromatic carbocycles. The zero-order valence-corrected chi connectivity index (χ0v) is 21.0. The topological polar surface area (TPSA) is 106 Å². The second-order valence-electron chi connectivity index (χ2n) is 12.8. The Morgan fingerprint density at radius 2 is 1.77 bits per heavy atom. The molecule has 12 atom stereocenters. The molecular weight excluding hydrogens is 448 g/mol. The lowest BCUT2D eigenvalue weighted by atomic mass is 9.44. The van der Waals surface area contributed by atoms with Crippen LogP contribution in [0, 0.1) is 34.5 Å². The summed E-state index contributed by atoms with van der Waals surface area (Å²) in [6, 6.07) is 0. The average Bonchev–Trinajstić information content (AvgIpc) is 3.34.